The summed E-state index contributed by atoms with van der Waals surface area (Å²) in [6, 6.07) is 3.65. The summed E-state index contributed by atoms with van der Waals surface area (Å²) in [5.74, 6) is 1.55. The lowest BCUT2D eigenvalue weighted by Gasteiger charge is -2.08. The summed E-state index contributed by atoms with van der Waals surface area (Å²) in [6.07, 6.45) is 5.19. The first kappa shape index (κ1) is 12.8. The second-order valence-electron chi connectivity index (χ2n) is 3.85. The van der Waals surface area contributed by atoms with Gasteiger partial charge in [-0.05, 0) is 26.0 Å². The number of aromatic nitrogens is 3. The number of rotatable bonds is 3. The van der Waals surface area contributed by atoms with Crippen molar-refractivity contribution in [1.29, 1.82) is 0 Å². The number of alkyl halides is 1. The third-order valence-electron chi connectivity index (χ3n) is 2.45. The van der Waals surface area contributed by atoms with Gasteiger partial charge in [0.1, 0.15) is 11.6 Å². The SMILES string of the molecule is Cc1nccn1-c1ccc(NC(=O)C(C)Br)cn1. The van der Waals surface area contributed by atoms with Crippen LogP contribution in [-0.2, 0) is 4.79 Å². The van der Waals surface area contributed by atoms with E-state index >= 15 is 0 Å². The maximum atomic E-state index is 11.5. The van der Waals surface area contributed by atoms with Crippen molar-refractivity contribution in [3.8, 4) is 5.82 Å². The number of pyridine rings is 1. The van der Waals surface area contributed by atoms with E-state index in [-0.39, 0.29) is 10.7 Å². The molecule has 0 aliphatic heterocycles. The highest BCUT2D eigenvalue weighted by Crippen LogP contribution is 2.12. The van der Waals surface area contributed by atoms with Crippen LogP contribution in [0.25, 0.3) is 5.82 Å². The number of imidazole rings is 1. The van der Waals surface area contributed by atoms with E-state index in [1.165, 1.54) is 0 Å². The van der Waals surface area contributed by atoms with E-state index in [0.717, 1.165) is 11.6 Å². The highest BCUT2D eigenvalue weighted by Gasteiger charge is 2.09. The molecule has 0 aromatic carbocycles. The maximum absolute atomic E-state index is 11.5. The van der Waals surface area contributed by atoms with Crippen LogP contribution < -0.4 is 5.32 Å². The van der Waals surface area contributed by atoms with Gasteiger partial charge >= 0.3 is 0 Å². The summed E-state index contributed by atoms with van der Waals surface area (Å²) in [7, 11) is 0. The van der Waals surface area contributed by atoms with Crippen LogP contribution in [0.3, 0.4) is 0 Å². The van der Waals surface area contributed by atoms with Gasteiger partial charge in [-0.25, -0.2) is 9.97 Å². The van der Waals surface area contributed by atoms with Crippen LogP contribution in [0, 0.1) is 6.92 Å². The van der Waals surface area contributed by atoms with Gasteiger partial charge in [0.15, 0.2) is 0 Å². The number of anilines is 1. The summed E-state index contributed by atoms with van der Waals surface area (Å²) < 4.78 is 1.87. The molecule has 0 aliphatic rings. The number of carbonyl (C=O) groups excluding carboxylic acids is 1. The molecular weight excluding hydrogens is 296 g/mol. The number of nitrogens with zero attached hydrogens (tertiary/aromatic N) is 3. The molecular formula is C12H13BrN4O. The molecule has 5 nitrogen and oxygen atoms in total. The molecule has 94 valence electrons. The van der Waals surface area contributed by atoms with Gasteiger partial charge in [0, 0.05) is 12.4 Å². The fourth-order valence-electron chi connectivity index (χ4n) is 1.46. The van der Waals surface area contributed by atoms with Crippen molar-refractivity contribution in [2.45, 2.75) is 18.7 Å². The monoisotopic (exact) mass is 308 g/mol. The molecule has 2 rings (SSSR count). The van der Waals surface area contributed by atoms with Crippen LogP contribution in [0.4, 0.5) is 5.69 Å². The Morgan fingerprint density at radius 3 is 2.72 bits per heavy atom. The van der Waals surface area contributed by atoms with Crippen molar-refractivity contribution in [3.05, 3.63) is 36.5 Å². The normalized spacial score (nSPS) is 12.2. The largest absolute Gasteiger partial charge is 0.324 e. The number of halogens is 1. The van der Waals surface area contributed by atoms with Crippen molar-refractivity contribution < 1.29 is 4.79 Å². The Balaban J connectivity index is 2.16. The molecule has 1 atom stereocenters. The van der Waals surface area contributed by atoms with Crippen LogP contribution in [0.5, 0.6) is 0 Å². The van der Waals surface area contributed by atoms with E-state index < -0.39 is 0 Å². The predicted octanol–water partition coefficient (Wildman–Crippen LogP) is 2.30. The summed E-state index contributed by atoms with van der Waals surface area (Å²) >= 11 is 3.21. The highest BCUT2D eigenvalue weighted by atomic mass is 79.9. The lowest BCUT2D eigenvalue weighted by molar-refractivity contribution is -0.115. The fourth-order valence-corrected chi connectivity index (χ4v) is 1.58. The molecule has 0 fully saturated rings. The predicted molar refractivity (Wildman–Crippen MR) is 73.1 cm³/mol. The molecule has 0 spiro atoms. The Morgan fingerprint density at radius 1 is 1.44 bits per heavy atom. The minimum Gasteiger partial charge on any atom is -0.324 e. The van der Waals surface area contributed by atoms with E-state index in [9.17, 15) is 4.79 Å². The van der Waals surface area contributed by atoms with Crippen molar-refractivity contribution in [2.24, 2.45) is 0 Å². The highest BCUT2D eigenvalue weighted by molar-refractivity contribution is 9.10. The number of carbonyl (C=O) groups is 1. The molecule has 18 heavy (non-hydrogen) atoms. The summed E-state index contributed by atoms with van der Waals surface area (Å²) in [5.41, 5.74) is 0.674. The van der Waals surface area contributed by atoms with E-state index in [1.807, 2.05) is 29.8 Å². The maximum Gasteiger partial charge on any atom is 0.237 e. The molecule has 2 aromatic rings. The van der Waals surface area contributed by atoms with Gasteiger partial charge in [-0.1, -0.05) is 15.9 Å². The summed E-state index contributed by atoms with van der Waals surface area (Å²) in [6.45, 7) is 3.68. The first-order chi connectivity index (χ1) is 8.58. The molecule has 0 saturated heterocycles. The molecule has 2 heterocycles. The zero-order valence-electron chi connectivity index (χ0n) is 10.1. The van der Waals surface area contributed by atoms with E-state index in [2.05, 4.69) is 31.2 Å². The Hall–Kier alpha value is -1.69. The third kappa shape index (κ3) is 2.76. The quantitative estimate of drug-likeness (QED) is 0.885. The van der Waals surface area contributed by atoms with Crippen molar-refractivity contribution in [2.75, 3.05) is 5.32 Å². The van der Waals surface area contributed by atoms with E-state index in [1.54, 1.807) is 19.3 Å². The lowest BCUT2D eigenvalue weighted by atomic mass is 10.3. The molecule has 0 bridgehead atoms. The number of amides is 1. The smallest absolute Gasteiger partial charge is 0.237 e. The number of hydrogen-bond acceptors (Lipinski definition) is 3. The zero-order chi connectivity index (χ0) is 13.1. The molecule has 1 N–H and O–H groups in total. The Labute approximate surface area is 113 Å². The lowest BCUT2D eigenvalue weighted by Crippen LogP contribution is -2.20. The van der Waals surface area contributed by atoms with E-state index in [0.29, 0.717) is 5.69 Å². The molecule has 1 unspecified atom stereocenters. The first-order valence-electron chi connectivity index (χ1n) is 5.49. The van der Waals surface area contributed by atoms with Gasteiger partial charge in [-0.2, -0.15) is 0 Å². The van der Waals surface area contributed by atoms with Crippen LogP contribution in [0.2, 0.25) is 0 Å². The molecule has 0 radical (unpaired) electrons. The average molecular weight is 309 g/mol. The first-order valence-corrected chi connectivity index (χ1v) is 6.41. The van der Waals surface area contributed by atoms with Crippen LogP contribution >= 0.6 is 15.9 Å². The topological polar surface area (TPSA) is 59.8 Å². The van der Waals surface area contributed by atoms with Crippen molar-refractivity contribution in [1.82, 2.24) is 14.5 Å². The number of nitrogens with one attached hydrogen (secondary N) is 1. The molecule has 0 saturated carbocycles. The molecule has 6 heteroatoms. The summed E-state index contributed by atoms with van der Waals surface area (Å²) in [4.78, 5) is 19.7. The minimum absolute atomic E-state index is 0.0941. The second-order valence-corrected chi connectivity index (χ2v) is 5.23. The fraction of sp³-hybridized carbons (Fsp3) is 0.250. The summed E-state index contributed by atoms with van der Waals surface area (Å²) in [5, 5.41) is 2.76. The Kier molecular flexibility index (Phi) is 3.76. The van der Waals surface area contributed by atoms with Crippen LogP contribution in [0.1, 0.15) is 12.7 Å². The minimum atomic E-state index is -0.229. The van der Waals surface area contributed by atoms with Gasteiger partial charge in [0.05, 0.1) is 16.7 Å². The molecule has 2 aromatic heterocycles. The Morgan fingerprint density at radius 2 is 2.22 bits per heavy atom. The number of hydrogen-bond donors (Lipinski definition) is 1. The second kappa shape index (κ2) is 5.30. The standard InChI is InChI=1S/C12H13BrN4O/c1-8(13)12(18)16-10-3-4-11(15-7-10)17-6-5-14-9(17)2/h3-8H,1-2H3,(H,16,18). The average Bonchev–Trinajstić information content (AvgIpc) is 2.76. The zero-order valence-corrected chi connectivity index (χ0v) is 11.7. The van der Waals surface area contributed by atoms with Gasteiger partial charge in [-0.3, -0.25) is 9.36 Å². The van der Waals surface area contributed by atoms with Gasteiger partial charge in [0.25, 0.3) is 0 Å². The van der Waals surface area contributed by atoms with Crippen molar-refractivity contribution in [3.63, 3.8) is 0 Å². The molecule has 1 amide bonds. The van der Waals surface area contributed by atoms with Crippen LogP contribution in [0.15, 0.2) is 30.7 Å². The van der Waals surface area contributed by atoms with Gasteiger partial charge in [-0.15, -0.1) is 0 Å². The van der Waals surface area contributed by atoms with Gasteiger partial charge < -0.3 is 5.32 Å². The third-order valence-corrected chi connectivity index (χ3v) is 2.87. The van der Waals surface area contributed by atoms with Gasteiger partial charge in [0.2, 0.25) is 5.91 Å². The Bertz CT molecular complexity index is 547. The van der Waals surface area contributed by atoms with Crippen molar-refractivity contribution >= 4 is 27.5 Å². The van der Waals surface area contributed by atoms with E-state index in [4.69, 9.17) is 0 Å². The molecule has 0 aliphatic carbocycles. The number of aryl methyl sites for hydroxylation is 1. The van der Waals surface area contributed by atoms with Crippen LogP contribution in [-0.4, -0.2) is 25.3 Å².